The third-order valence-electron chi connectivity index (χ3n) is 2.63. The van der Waals surface area contributed by atoms with Gasteiger partial charge in [-0.3, -0.25) is 4.79 Å². The monoisotopic (exact) mass is 235 g/mol. The Morgan fingerprint density at radius 1 is 1.35 bits per heavy atom. The highest BCUT2D eigenvalue weighted by Crippen LogP contribution is 2.15. The van der Waals surface area contributed by atoms with Gasteiger partial charge >= 0.3 is 0 Å². The zero-order valence-corrected chi connectivity index (χ0v) is 10.8. The minimum absolute atomic E-state index is 0.00223. The highest BCUT2D eigenvalue weighted by molar-refractivity contribution is 5.78. The molecule has 1 rings (SSSR count). The predicted octanol–water partition coefficient (Wildman–Crippen LogP) is 2.40. The normalized spacial score (nSPS) is 11.9. The molecule has 0 unspecified atom stereocenters. The van der Waals surface area contributed by atoms with Gasteiger partial charge in [-0.1, -0.05) is 26.0 Å². The second-order valence-corrected chi connectivity index (χ2v) is 4.21. The maximum Gasteiger partial charge on any atom is 0.222 e. The van der Waals surface area contributed by atoms with Crippen LogP contribution in [0.4, 0.5) is 0 Å². The van der Waals surface area contributed by atoms with Crippen molar-refractivity contribution in [1.29, 1.82) is 0 Å². The molecule has 0 aliphatic heterocycles. The minimum atomic E-state index is 0.00223. The minimum Gasteiger partial charge on any atom is -0.494 e. The Labute approximate surface area is 103 Å². The number of hydrogen-bond donors (Lipinski definition) is 1. The predicted molar refractivity (Wildman–Crippen MR) is 69.2 cm³/mol. The average Bonchev–Trinajstić information content (AvgIpc) is 2.37. The second kappa shape index (κ2) is 6.94. The van der Waals surface area contributed by atoms with Crippen molar-refractivity contribution in [3.8, 4) is 5.75 Å². The van der Waals surface area contributed by atoms with E-state index in [1.165, 1.54) is 0 Å². The van der Waals surface area contributed by atoms with E-state index in [2.05, 4.69) is 12.2 Å². The molecule has 1 atom stereocenters. The molecular formula is C14H21NO2. The van der Waals surface area contributed by atoms with Gasteiger partial charge in [0.1, 0.15) is 5.75 Å². The molecule has 0 heterocycles. The third kappa shape index (κ3) is 4.47. The van der Waals surface area contributed by atoms with Gasteiger partial charge in [0.15, 0.2) is 0 Å². The molecule has 94 valence electrons. The summed E-state index contributed by atoms with van der Waals surface area (Å²) in [5, 5.41) is 2.66. The lowest BCUT2D eigenvalue weighted by atomic mass is 10.0. The van der Waals surface area contributed by atoms with Crippen LogP contribution in [-0.2, 0) is 11.2 Å². The zero-order chi connectivity index (χ0) is 12.7. The lowest BCUT2D eigenvalue weighted by Gasteiger charge is -2.10. The smallest absolute Gasteiger partial charge is 0.222 e. The van der Waals surface area contributed by atoms with Gasteiger partial charge in [-0.05, 0) is 30.5 Å². The Kier molecular flexibility index (Phi) is 5.53. The summed E-state index contributed by atoms with van der Waals surface area (Å²) in [6.45, 7) is 4.76. The molecule has 0 aromatic heterocycles. The van der Waals surface area contributed by atoms with Crippen LogP contribution in [0.2, 0.25) is 0 Å². The van der Waals surface area contributed by atoms with Crippen LogP contribution in [0.5, 0.6) is 5.75 Å². The van der Waals surface area contributed by atoms with E-state index in [4.69, 9.17) is 4.74 Å². The van der Waals surface area contributed by atoms with Crippen molar-refractivity contribution in [3.63, 3.8) is 0 Å². The number of rotatable bonds is 6. The standard InChI is InChI=1S/C14H21NO2/c1-4-9-17-13-7-5-12(6-8-13)10-11(2)14(16)15-3/h5-8,11H,4,9-10H2,1-3H3,(H,15,16)/t11-/m0/s1. The van der Waals surface area contributed by atoms with Gasteiger partial charge in [-0.15, -0.1) is 0 Å². The van der Waals surface area contributed by atoms with Gasteiger partial charge in [-0.2, -0.15) is 0 Å². The molecule has 0 bridgehead atoms. The summed E-state index contributed by atoms with van der Waals surface area (Å²) in [5.41, 5.74) is 1.16. The van der Waals surface area contributed by atoms with Crippen molar-refractivity contribution in [2.24, 2.45) is 5.92 Å². The van der Waals surface area contributed by atoms with E-state index in [0.29, 0.717) is 0 Å². The highest BCUT2D eigenvalue weighted by atomic mass is 16.5. The van der Waals surface area contributed by atoms with Gasteiger partial charge in [0.25, 0.3) is 0 Å². The zero-order valence-electron chi connectivity index (χ0n) is 10.8. The molecule has 0 saturated carbocycles. The average molecular weight is 235 g/mol. The molecular weight excluding hydrogens is 214 g/mol. The van der Waals surface area contributed by atoms with Crippen LogP contribution in [0.25, 0.3) is 0 Å². The number of ether oxygens (including phenoxy) is 1. The van der Waals surface area contributed by atoms with E-state index in [-0.39, 0.29) is 11.8 Å². The fourth-order valence-electron chi connectivity index (χ4n) is 1.63. The second-order valence-electron chi connectivity index (χ2n) is 4.21. The Bertz CT molecular complexity index is 346. The maximum absolute atomic E-state index is 11.4. The first kappa shape index (κ1) is 13.6. The van der Waals surface area contributed by atoms with Crippen LogP contribution in [0.1, 0.15) is 25.8 Å². The summed E-state index contributed by atoms with van der Waals surface area (Å²) in [4.78, 5) is 11.4. The summed E-state index contributed by atoms with van der Waals surface area (Å²) in [6, 6.07) is 7.96. The van der Waals surface area contributed by atoms with Crippen LogP contribution < -0.4 is 10.1 Å². The summed E-state index contributed by atoms with van der Waals surface area (Å²) >= 11 is 0. The Balaban J connectivity index is 2.53. The molecule has 1 aromatic rings. The van der Waals surface area contributed by atoms with E-state index >= 15 is 0 Å². The highest BCUT2D eigenvalue weighted by Gasteiger charge is 2.11. The Morgan fingerprint density at radius 3 is 2.53 bits per heavy atom. The molecule has 0 aliphatic carbocycles. The van der Waals surface area contributed by atoms with Crippen molar-refractivity contribution in [3.05, 3.63) is 29.8 Å². The number of carbonyl (C=O) groups excluding carboxylic acids is 1. The number of hydrogen-bond acceptors (Lipinski definition) is 2. The van der Waals surface area contributed by atoms with Crippen LogP contribution in [0.15, 0.2) is 24.3 Å². The van der Waals surface area contributed by atoms with E-state index < -0.39 is 0 Å². The fourth-order valence-corrected chi connectivity index (χ4v) is 1.63. The number of benzene rings is 1. The molecule has 0 fully saturated rings. The van der Waals surface area contributed by atoms with E-state index in [1.54, 1.807) is 7.05 Å². The first-order valence-electron chi connectivity index (χ1n) is 6.10. The van der Waals surface area contributed by atoms with Gasteiger partial charge in [0, 0.05) is 13.0 Å². The third-order valence-corrected chi connectivity index (χ3v) is 2.63. The van der Waals surface area contributed by atoms with Gasteiger partial charge in [-0.25, -0.2) is 0 Å². The first-order chi connectivity index (χ1) is 8.17. The van der Waals surface area contributed by atoms with Crippen molar-refractivity contribution in [2.75, 3.05) is 13.7 Å². The van der Waals surface area contributed by atoms with E-state index in [0.717, 1.165) is 30.8 Å². The molecule has 0 spiro atoms. The van der Waals surface area contributed by atoms with Gasteiger partial charge < -0.3 is 10.1 Å². The summed E-state index contributed by atoms with van der Waals surface area (Å²) < 4.78 is 5.50. The molecule has 3 nitrogen and oxygen atoms in total. The molecule has 0 aliphatic rings. The quantitative estimate of drug-likeness (QED) is 0.822. The molecule has 17 heavy (non-hydrogen) atoms. The fraction of sp³-hybridized carbons (Fsp3) is 0.500. The largest absolute Gasteiger partial charge is 0.494 e. The van der Waals surface area contributed by atoms with Gasteiger partial charge in [0.2, 0.25) is 5.91 Å². The first-order valence-corrected chi connectivity index (χ1v) is 6.10. The van der Waals surface area contributed by atoms with Crippen molar-refractivity contribution in [2.45, 2.75) is 26.7 Å². The topological polar surface area (TPSA) is 38.3 Å². The Hall–Kier alpha value is -1.51. The molecule has 3 heteroatoms. The maximum atomic E-state index is 11.4. The summed E-state index contributed by atoms with van der Waals surface area (Å²) in [5.74, 6) is 0.974. The summed E-state index contributed by atoms with van der Waals surface area (Å²) in [7, 11) is 1.67. The van der Waals surface area contributed by atoms with E-state index in [9.17, 15) is 4.79 Å². The van der Waals surface area contributed by atoms with Gasteiger partial charge in [0.05, 0.1) is 6.61 Å². The molecule has 1 N–H and O–H groups in total. The molecule has 0 radical (unpaired) electrons. The van der Waals surface area contributed by atoms with Crippen molar-refractivity contribution < 1.29 is 9.53 Å². The lowest BCUT2D eigenvalue weighted by Crippen LogP contribution is -2.26. The Morgan fingerprint density at radius 2 is 2.00 bits per heavy atom. The molecule has 1 aromatic carbocycles. The number of nitrogens with one attached hydrogen (secondary N) is 1. The van der Waals surface area contributed by atoms with Crippen LogP contribution >= 0.6 is 0 Å². The van der Waals surface area contributed by atoms with Crippen LogP contribution in [-0.4, -0.2) is 19.6 Å². The SMILES string of the molecule is CCCOc1ccc(C[C@H](C)C(=O)NC)cc1. The molecule has 1 amide bonds. The molecule has 0 saturated heterocycles. The lowest BCUT2D eigenvalue weighted by molar-refractivity contribution is -0.123. The number of amides is 1. The van der Waals surface area contributed by atoms with Crippen molar-refractivity contribution >= 4 is 5.91 Å². The van der Waals surface area contributed by atoms with Crippen LogP contribution in [0, 0.1) is 5.92 Å². The summed E-state index contributed by atoms with van der Waals surface area (Å²) in [6.07, 6.45) is 1.77. The number of carbonyl (C=O) groups is 1. The van der Waals surface area contributed by atoms with E-state index in [1.807, 2.05) is 31.2 Å². The van der Waals surface area contributed by atoms with Crippen molar-refractivity contribution in [1.82, 2.24) is 5.32 Å². The van der Waals surface area contributed by atoms with Crippen LogP contribution in [0.3, 0.4) is 0 Å².